The van der Waals surface area contributed by atoms with E-state index < -0.39 is 0 Å². The number of aromatic nitrogens is 2. The number of nitrogens with two attached hydrogens (primary N) is 1. The van der Waals surface area contributed by atoms with Crippen LogP contribution in [0.2, 0.25) is 0 Å². The Hall–Kier alpha value is -3.13. The van der Waals surface area contributed by atoms with E-state index in [2.05, 4.69) is 37.4 Å². The van der Waals surface area contributed by atoms with E-state index in [9.17, 15) is 4.79 Å². The molecule has 8 heteroatoms. The number of carbonyl (C=O) groups is 1. The summed E-state index contributed by atoms with van der Waals surface area (Å²) in [6, 6.07) is 11.4. The molecule has 2 heterocycles. The van der Waals surface area contributed by atoms with Crippen molar-refractivity contribution in [2.24, 2.45) is 0 Å². The van der Waals surface area contributed by atoms with Crippen molar-refractivity contribution in [1.82, 2.24) is 9.97 Å². The minimum absolute atomic E-state index is 0.107. The highest BCUT2D eigenvalue weighted by Crippen LogP contribution is 2.26. The van der Waals surface area contributed by atoms with Crippen molar-refractivity contribution in [3.8, 4) is 0 Å². The van der Waals surface area contributed by atoms with Gasteiger partial charge in [0.2, 0.25) is 5.91 Å². The fraction of sp³-hybridized carbons (Fsp3) is 0.167. The number of benzene rings is 1. The van der Waals surface area contributed by atoms with Gasteiger partial charge in [-0.15, -0.1) is 11.3 Å². The summed E-state index contributed by atoms with van der Waals surface area (Å²) in [7, 11) is 0. The number of hydrogen-bond acceptors (Lipinski definition) is 7. The highest BCUT2D eigenvalue weighted by Gasteiger charge is 2.08. The van der Waals surface area contributed by atoms with Gasteiger partial charge in [0.25, 0.3) is 0 Å². The number of amides is 1. The number of nitrogens with one attached hydrogen (secondary N) is 3. The van der Waals surface area contributed by atoms with E-state index in [1.54, 1.807) is 23.5 Å². The predicted octanol–water partition coefficient (Wildman–Crippen LogP) is 3.48. The van der Waals surface area contributed by atoms with Crippen molar-refractivity contribution in [1.29, 1.82) is 0 Å². The third-order valence-electron chi connectivity index (χ3n) is 3.60. The summed E-state index contributed by atoms with van der Waals surface area (Å²) in [6.07, 6.45) is 2.38. The van der Waals surface area contributed by atoms with Crippen LogP contribution in [-0.2, 0) is 11.2 Å². The highest BCUT2D eigenvalue weighted by molar-refractivity contribution is 7.09. The molecule has 0 unspecified atom stereocenters. The molecule has 26 heavy (non-hydrogen) atoms. The Morgan fingerprint density at radius 3 is 2.54 bits per heavy atom. The lowest BCUT2D eigenvalue weighted by molar-refractivity contribution is -0.114. The lowest BCUT2D eigenvalue weighted by Crippen LogP contribution is -2.10. The zero-order chi connectivity index (χ0) is 18.4. The van der Waals surface area contributed by atoms with E-state index in [1.807, 2.05) is 18.2 Å². The van der Waals surface area contributed by atoms with Crippen molar-refractivity contribution in [2.45, 2.75) is 13.3 Å². The molecule has 3 aromatic rings. The van der Waals surface area contributed by atoms with Gasteiger partial charge in [0.05, 0.1) is 0 Å². The summed E-state index contributed by atoms with van der Waals surface area (Å²) in [6.45, 7) is 2.22. The van der Waals surface area contributed by atoms with Gasteiger partial charge in [-0.25, -0.2) is 9.97 Å². The summed E-state index contributed by atoms with van der Waals surface area (Å²) in [4.78, 5) is 20.8. The first-order valence-electron chi connectivity index (χ1n) is 8.13. The molecule has 2 aromatic heterocycles. The maximum absolute atomic E-state index is 11.1. The van der Waals surface area contributed by atoms with Gasteiger partial charge >= 0.3 is 0 Å². The molecular weight excluding hydrogens is 348 g/mol. The standard InChI is InChI=1S/C18H20N6OS/c1-12(25)23-13-4-6-14(7-5-13)24-18-16(19)17(21-11-22-18)20-9-8-15-3-2-10-26-15/h2-7,10-11H,8-9,19H2,1H3,(H,23,25)(H2,20,21,22,24). The van der Waals surface area contributed by atoms with Crippen molar-refractivity contribution in [3.63, 3.8) is 0 Å². The van der Waals surface area contributed by atoms with Gasteiger partial charge < -0.3 is 21.7 Å². The Kier molecular flexibility index (Phi) is 5.65. The molecule has 0 atom stereocenters. The zero-order valence-electron chi connectivity index (χ0n) is 14.3. The molecule has 7 nitrogen and oxygen atoms in total. The molecule has 0 fully saturated rings. The van der Waals surface area contributed by atoms with Gasteiger partial charge in [-0.1, -0.05) is 6.07 Å². The third-order valence-corrected chi connectivity index (χ3v) is 4.53. The number of nitrogens with zero attached hydrogens (tertiary/aromatic N) is 2. The summed E-state index contributed by atoms with van der Waals surface area (Å²) in [5.74, 6) is 1.03. The van der Waals surface area contributed by atoms with Crippen LogP contribution in [0.3, 0.4) is 0 Å². The summed E-state index contributed by atoms with van der Waals surface area (Å²) < 4.78 is 0. The van der Waals surface area contributed by atoms with Crippen LogP contribution in [0.25, 0.3) is 0 Å². The lowest BCUT2D eigenvalue weighted by atomic mass is 10.2. The van der Waals surface area contributed by atoms with Gasteiger partial charge in [0, 0.05) is 29.7 Å². The minimum atomic E-state index is -0.107. The molecule has 0 aliphatic carbocycles. The fourth-order valence-electron chi connectivity index (χ4n) is 2.37. The van der Waals surface area contributed by atoms with Crippen LogP contribution in [0.4, 0.5) is 28.7 Å². The SMILES string of the molecule is CC(=O)Nc1ccc(Nc2ncnc(NCCc3cccs3)c2N)cc1. The van der Waals surface area contributed by atoms with Gasteiger partial charge in [-0.05, 0) is 42.1 Å². The molecule has 0 aliphatic heterocycles. The van der Waals surface area contributed by atoms with Crippen molar-refractivity contribution >= 4 is 45.9 Å². The number of thiophene rings is 1. The van der Waals surface area contributed by atoms with Crippen molar-refractivity contribution in [3.05, 3.63) is 53.0 Å². The molecule has 1 aromatic carbocycles. The molecule has 5 N–H and O–H groups in total. The average Bonchev–Trinajstić information content (AvgIpc) is 3.13. The summed E-state index contributed by atoms with van der Waals surface area (Å²) in [5, 5.41) is 11.2. The summed E-state index contributed by atoms with van der Waals surface area (Å²) >= 11 is 1.73. The Morgan fingerprint density at radius 2 is 1.85 bits per heavy atom. The van der Waals surface area contributed by atoms with Crippen molar-refractivity contribution in [2.75, 3.05) is 28.2 Å². The number of carbonyl (C=O) groups excluding carboxylic acids is 1. The van der Waals surface area contributed by atoms with Crippen molar-refractivity contribution < 1.29 is 4.79 Å². The molecule has 0 saturated carbocycles. The van der Waals surface area contributed by atoms with E-state index in [0.717, 1.165) is 24.3 Å². The molecule has 0 saturated heterocycles. The monoisotopic (exact) mass is 368 g/mol. The van der Waals surface area contributed by atoms with Gasteiger partial charge in [-0.2, -0.15) is 0 Å². The van der Waals surface area contributed by atoms with E-state index in [0.29, 0.717) is 17.3 Å². The maximum Gasteiger partial charge on any atom is 0.221 e. The molecule has 1 amide bonds. The maximum atomic E-state index is 11.1. The van der Waals surface area contributed by atoms with Crippen LogP contribution >= 0.6 is 11.3 Å². The van der Waals surface area contributed by atoms with Crippen LogP contribution in [0, 0.1) is 0 Å². The number of nitrogen functional groups attached to an aromatic ring is 1. The van der Waals surface area contributed by atoms with E-state index in [-0.39, 0.29) is 5.91 Å². The molecule has 0 aliphatic rings. The smallest absolute Gasteiger partial charge is 0.221 e. The first-order valence-corrected chi connectivity index (χ1v) is 9.01. The second-order valence-electron chi connectivity index (χ2n) is 5.62. The van der Waals surface area contributed by atoms with Gasteiger partial charge in [-0.3, -0.25) is 4.79 Å². The van der Waals surface area contributed by atoms with Gasteiger partial charge in [0.15, 0.2) is 11.6 Å². The molecule has 0 radical (unpaired) electrons. The second-order valence-corrected chi connectivity index (χ2v) is 6.66. The molecular formula is C18H20N6OS. The van der Waals surface area contributed by atoms with Gasteiger partial charge in [0.1, 0.15) is 12.0 Å². The van der Waals surface area contributed by atoms with Crippen LogP contribution in [0.15, 0.2) is 48.1 Å². The fourth-order valence-corrected chi connectivity index (χ4v) is 3.08. The Morgan fingerprint density at radius 1 is 1.12 bits per heavy atom. The predicted molar refractivity (Wildman–Crippen MR) is 107 cm³/mol. The number of anilines is 5. The molecule has 134 valence electrons. The van der Waals surface area contributed by atoms with Crippen LogP contribution in [-0.4, -0.2) is 22.4 Å². The number of rotatable bonds is 7. The van der Waals surface area contributed by atoms with Crippen LogP contribution in [0.1, 0.15) is 11.8 Å². The first kappa shape index (κ1) is 17.7. The Balaban J connectivity index is 1.63. The summed E-state index contributed by atoms with van der Waals surface area (Å²) in [5.41, 5.74) is 8.19. The lowest BCUT2D eigenvalue weighted by Gasteiger charge is -2.12. The number of hydrogen-bond donors (Lipinski definition) is 4. The highest BCUT2D eigenvalue weighted by atomic mass is 32.1. The Labute approximate surface area is 155 Å². The first-order chi connectivity index (χ1) is 12.6. The topological polar surface area (TPSA) is 105 Å². The van der Waals surface area contributed by atoms with Crippen LogP contribution < -0.4 is 21.7 Å². The van der Waals surface area contributed by atoms with E-state index in [1.165, 1.54) is 18.1 Å². The molecule has 0 spiro atoms. The molecule has 3 rings (SSSR count). The quantitative estimate of drug-likeness (QED) is 0.509. The third kappa shape index (κ3) is 4.70. The van der Waals surface area contributed by atoms with E-state index in [4.69, 9.17) is 5.73 Å². The zero-order valence-corrected chi connectivity index (χ0v) is 15.1. The minimum Gasteiger partial charge on any atom is -0.393 e. The average molecular weight is 368 g/mol. The largest absolute Gasteiger partial charge is 0.393 e. The second kappa shape index (κ2) is 8.30. The normalized spacial score (nSPS) is 10.3. The Bertz CT molecular complexity index is 864. The van der Waals surface area contributed by atoms with Crippen LogP contribution in [0.5, 0.6) is 0 Å². The van der Waals surface area contributed by atoms with E-state index >= 15 is 0 Å². The molecule has 0 bridgehead atoms.